The van der Waals surface area contributed by atoms with E-state index in [1.54, 1.807) is 18.2 Å². The summed E-state index contributed by atoms with van der Waals surface area (Å²) in [6.45, 7) is -0.776. The summed E-state index contributed by atoms with van der Waals surface area (Å²) in [6, 6.07) is 5.15. The van der Waals surface area contributed by atoms with Crippen molar-refractivity contribution in [2.45, 2.75) is 12.2 Å². The molecular weight excluding hydrogens is 345 g/mol. The second kappa shape index (κ2) is 9.50. The molecule has 26 heavy (non-hydrogen) atoms. The molecule has 0 unspecified atom stereocenters. The summed E-state index contributed by atoms with van der Waals surface area (Å²) < 4.78 is 21.0. The van der Waals surface area contributed by atoms with Gasteiger partial charge >= 0.3 is 19.1 Å². The van der Waals surface area contributed by atoms with Gasteiger partial charge in [0.2, 0.25) is 0 Å². The van der Waals surface area contributed by atoms with Crippen LogP contribution in [0.1, 0.15) is 11.7 Å². The second-order valence-electron chi connectivity index (χ2n) is 5.49. The van der Waals surface area contributed by atoms with Crippen LogP contribution in [0.25, 0.3) is 0 Å². The second-order valence-corrected chi connectivity index (χ2v) is 5.49. The Morgan fingerprint density at radius 2 is 1.92 bits per heavy atom. The van der Waals surface area contributed by atoms with E-state index in [0.717, 1.165) is 5.56 Å². The first-order chi connectivity index (χ1) is 12.5. The van der Waals surface area contributed by atoms with Crippen LogP contribution in [0.3, 0.4) is 0 Å². The summed E-state index contributed by atoms with van der Waals surface area (Å²) in [7, 11) is -1.17. The van der Waals surface area contributed by atoms with E-state index < -0.39 is 31.3 Å². The van der Waals surface area contributed by atoms with Crippen molar-refractivity contribution in [2.24, 2.45) is 17.2 Å². The molecule has 11 heteroatoms. The Bertz CT molecular complexity index is 646. The van der Waals surface area contributed by atoms with Gasteiger partial charge in [-0.25, -0.2) is 0 Å². The molecule has 0 fully saturated rings. The monoisotopic (exact) mass is 367 g/mol. The third kappa shape index (κ3) is 4.93. The van der Waals surface area contributed by atoms with Crippen LogP contribution in [0.15, 0.2) is 18.2 Å². The molecule has 0 spiro atoms. The molecule has 10 nitrogen and oxygen atoms in total. The Balaban J connectivity index is 2.07. The van der Waals surface area contributed by atoms with Gasteiger partial charge in [-0.2, -0.15) is 0 Å². The highest BCUT2D eigenvalue weighted by Gasteiger charge is 2.37. The SMILES string of the molecule is NCC(=O)OC[C@H](COc1cccc2c1B(O)O[C@@H]2CN)OC(=O)CN. The number of nitrogens with two attached hydrogens (primary N) is 3. The Kier molecular flexibility index (Phi) is 7.36. The number of esters is 2. The minimum Gasteiger partial charge on any atom is -0.490 e. The van der Waals surface area contributed by atoms with Crippen LogP contribution in [0, 0.1) is 0 Å². The number of fused-ring (bicyclic) bond motifs is 1. The minimum atomic E-state index is -1.17. The van der Waals surface area contributed by atoms with E-state index in [-0.39, 0.29) is 32.8 Å². The van der Waals surface area contributed by atoms with E-state index in [1.807, 2.05) is 0 Å². The van der Waals surface area contributed by atoms with Gasteiger partial charge in [0.1, 0.15) is 19.0 Å². The summed E-state index contributed by atoms with van der Waals surface area (Å²) in [5, 5.41) is 10.1. The fraction of sp³-hybridized carbons (Fsp3) is 0.467. The molecule has 0 bridgehead atoms. The van der Waals surface area contributed by atoms with E-state index in [1.165, 1.54) is 0 Å². The van der Waals surface area contributed by atoms with Gasteiger partial charge in [-0.1, -0.05) is 12.1 Å². The molecule has 0 saturated carbocycles. The fourth-order valence-electron chi connectivity index (χ4n) is 2.49. The van der Waals surface area contributed by atoms with Gasteiger partial charge in [-0.15, -0.1) is 0 Å². The quantitative estimate of drug-likeness (QED) is 0.263. The molecule has 1 aromatic carbocycles. The van der Waals surface area contributed by atoms with Gasteiger partial charge in [0, 0.05) is 12.0 Å². The maximum absolute atomic E-state index is 11.4. The summed E-state index contributed by atoms with van der Waals surface area (Å²) >= 11 is 0. The molecule has 2 rings (SSSR count). The van der Waals surface area contributed by atoms with Crippen LogP contribution in [0.4, 0.5) is 0 Å². The Morgan fingerprint density at radius 3 is 2.58 bits per heavy atom. The molecule has 1 aliphatic heterocycles. The lowest BCUT2D eigenvalue weighted by molar-refractivity contribution is -0.158. The van der Waals surface area contributed by atoms with Crippen molar-refractivity contribution in [1.29, 1.82) is 0 Å². The zero-order valence-corrected chi connectivity index (χ0v) is 14.1. The van der Waals surface area contributed by atoms with Crippen LogP contribution in [-0.2, 0) is 23.7 Å². The standard InChI is InChI=1S/C15H22BN3O7/c17-4-12-10-2-1-3-11(15(10)16(22)26-12)23-7-9(25-14(21)6-19)8-24-13(20)5-18/h1-3,9,12,22H,4-8,17-19H2/t9-,12+/m0/s1. The lowest BCUT2D eigenvalue weighted by Gasteiger charge is -2.19. The average Bonchev–Trinajstić information content (AvgIpc) is 2.99. The number of rotatable bonds is 9. The van der Waals surface area contributed by atoms with E-state index in [2.05, 4.69) is 0 Å². The average molecular weight is 367 g/mol. The van der Waals surface area contributed by atoms with Gasteiger partial charge in [0.05, 0.1) is 19.2 Å². The molecule has 142 valence electrons. The summed E-state index contributed by atoms with van der Waals surface area (Å²) in [5.41, 5.74) is 17.2. The van der Waals surface area contributed by atoms with Crippen molar-refractivity contribution in [3.8, 4) is 5.75 Å². The maximum Gasteiger partial charge on any atom is 0.495 e. The first-order valence-corrected chi connectivity index (χ1v) is 8.04. The van der Waals surface area contributed by atoms with Crippen LogP contribution in [0.5, 0.6) is 5.75 Å². The van der Waals surface area contributed by atoms with Crippen LogP contribution >= 0.6 is 0 Å². The van der Waals surface area contributed by atoms with E-state index in [4.69, 9.17) is 36.1 Å². The molecule has 0 aliphatic carbocycles. The van der Waals surface area contributed by atoms with Gasteiger partial charge in [0.25, 0.3) is 0 Å². The van der Waals surface area contributed by atoms with E-state index >= 15 is 0 Å². The number of hydrogen-bond acceptors (Lipinski definition) is 10. The number of carbonyl (C=O) groups is 2. The van der Waals surface area contributed by atoms with Gasteiger partial charge < -0.3 is 41.1 Å². The Morgan fingerprint density at radius 1 is 1.19 bits per heavy atom. The highest BCUT2D eigenvalue weighted by atomic mass is 16.6. The molecular formula is C15H22BN3O7. The molecule has 1 aliphatic rings. The van der Waals surface area contributed by atoms with Crippen LogP contribution in [0.2, 0.25) is 0 Å². The number of hydrogen-bond donors (Lipinski definition) is 4. The summed E-state index contributed by atoms with van der Waals surface area (Å²) in [4.78, 5) is 22.6. The lowest BCUT2D eigenvalue weighted by Crippen LogP contribution is -2.36. The molecule has 0 amide bonds. The third-order valence-electron chi connectivity index (χ3n) is 3.69. The first kappa shape index (κ1) is 20.1. The number of benzene rings is 1. The molecule has 0 aromatic heterocycles. The highest BCUT2D eigenvalue weighted by molar-refractivity contribution is 6.62. The van der Waals surface area contributed by atoms with Gasteiger partial charge in [-0.3, -0.25) is 9.59 Å². The number of ether oxygens (including phenoxy) is 3. The number of carbonyl (C=O) groups excluding carboxylic acids is 2. The Hall–Kier alpha value is -2.18. The molecule has 0 saturated heterocycles. The normalized spacial score (nSPS) is 16.8. The van der Waals surface area contributed by atoms with Crippen molar-refractivity contribution in [2.75, 3.05) is 32.8 Å². The van der Waals surface area contributed by atoms with Crippen molar-refractivity contribution < 1.29 is 33.5 Å². The predicted octanol–water partition coefficient (Wildman–Crippen LogP) is -2.84. The topological polar surface area (TPSA) is 169 Å². The molecule has 0 radical (unpaired) electrons. The fourth-order valence-corrected chi connectivity index (χ4v) is 2.49. The maximum atomic E-state index is 11.4. The lowest BCUT2D eigenvalue weighted by atomic mass is 9.78. The molecule has 1 aromatic rings. The minimum absolute atomic E-state index is 0.125. The van der Waals surface area contributed by atoms with Crippen molar-refractivity contribution in [3.63, 3.8) is 0 Å². The van der Waals surface area contributed by atoms with Crippen molar-refractivity contribution >= 4 is 24.5 Å². The first-order valence-electron chi connectivity index (χ1n) is 8.04. The summed E-state index contributed by atoms with van der Waals surface area (Å²) in [5.74, 6) is -0.967. The van der Waals surface area contributed by atoms with Crippen molar-refractivity contribution in [1.82, 2.24) is 0 Å². The van der Waals surface area contributed by atoms with E-state index in [0.29, 0.717) is 11.2 Å². The molecule has 7 N–H and O–H groups in total. The smallest absolute Gasteiger partial charge is 0.490 e. The third-order valence-corrected chi connectivity index (χ3v) is 3.69. The summed E-state index contributed by atoms with van der Waals surface area (Å²) in [6.07, 6.45) is -1.32. The van der Waals surface area contributed by atoms with Crippen molar-refractivity contribution in [3.05, 3.63) is 23.8 Å². The largest absolute Gasteiger partial charge is 0.495 e. The van der Waals surface area contributed by atoms with Gasteiger partial charge in [-0.05, 0) is 11.6 Å². The predicted molar refractivity (Wildman–Crippen MR) is 91.4 cm³/mol. The zero-order chi connectivity index (χ0) is 19.1. The van der Waals surface area contributed by atoms with Crippen LogP contribution in [-0.4, -0.2) is 63.0 Å². The molecule has 2 atom stereocenters. The van der Waals surface area contributed by atoms with E-state index in [9.17, 15) is 14.6 Å². The van der Waals surface area contributed by atoms with Crippen LogP contribution < -0.4 is 27.4 Å². The molecule has 1 heterocycles. The highest BCUT2D eigenvalue weighted by Crippen LogP contribution is 2.26. The Labute approximate surface area is 150 Å². The van der Waals surface area contributed by atoms with Gasteiger partial charge in [0.15, 0.2) is 6.10 Å². The zero-order valence-electron chi connectivity index (χ0n) is 14.1.